The van der Waals surface area contributed by atoms with E-state index in [1.807, 2.05) is 36.4 Å². The van der Waals surface area contributed by atoms with Crippen molar-refractivity contribution < 1.29 is 23.5 Å². The summed E-state index contributed by atoms with van der Waals surface area (Å²) in [5.74, 6) is -1.01. The lowest BCUT2D eigenvalue weighted by Crippen LogP contribution is -2.34. The second kappa shape index (κ2) is 9.95. The van der Waals surface area contributed by atoms with Crippen LogP contribution in [-0.2, 0) is 9.53 Å². The number of nitrogens with one attached hydrogen (secondary N) is 1. The highest BCUT2D eigenvalue weighted by Crippen LogP contribution is 2.25. The molecule has 3 aromatic carbocycles. The molecule has 0 spiro atoms. The van der Waals surface area contributed by atoms with Crippen LogP contribution in [0.15, 0.2) is 73.3 Å². The fraction of sp³-hybridized carbons (Fsp3) is 0.192. The van der Waals surface area contributed by atoms with Crippen molar-refractivity contribution >= 4 is 34.2 Å². The number of aromatic nitrogens is 3. The molecule has 182 valence electrons. The molecule has 1 aliphatic heterocycles. The maximum atomic E-state index is 14.5. The molecule has 1 saturated heterocycles. The number of halogens is 1. The number of ketones is 1. The smallest absolute Gasteiger partial charge is 0.414 e. The van der Waals surface area contributed by atoms with E-state index in [9.17, 15) is 18.8 Å². The number of hydrogen-bond donors (Lipinski definition) is 1. The number of benzene rings is 3. The molecule has 0 aliphatic carbocycles. The van der Waals surface area contributed by atoms with Crippen LogP contribution in [0.1, 0.15) is 23.2 Å². The van der Waals surface area contributed by atoms with Gasteiger partial charge in [-0.3, -0.25) is 14.5 Å². The average molecular weight is 487 g/mol. The molecule has 2 heterocycles. The molecule has 9 nitrogen and oxygen atoms in total. The Hall–Kier alpha value is -4.60. The number of hydrogen-bond acceptors (Lipinski definition) is 6. The third-order valence-corrected chi connectivity index (χ3v) is 5.96. The van der Waals surface area contributed by atoms with Gasteiger partial charge >= 0.3 is 6.09 Å². The summed E-state index contributed by atoms with van der Waals surface area (Å²) in [7, 11) is 0. The van der Waals surface area contributed by atoms with E-state index in [4.69, 9.17) is 4.74 Å². The van der Waals surface area contributed by atoms with Crippen molar-refractivity contribution in [3.63, 3.8) is 0 Å². The molecule has 1 fully saturated rings. The fourth-order valence-electron chi connectivity index (χ4n) is 4.07. The van der Waals surface area contributed by atoms with Gasteiger partial charge < -0.3 is 10.1 Å². The number of rotatable bonds is 8. The van der Waals surface area contributed by atoms with E-state index in [2.05, 4.69) is 15.4 Å². The maximum Gasteiger partial charge on any atom is 0.414 e. The molecular formula is C26H22FN5O4. The lowest BCUT2D eigenvalue weighted by atomic mass is 10.0. The van der Waals surface area contributed by atoms with Crippen LogP contribution < -0.4 is 10.2 Å². The van der Waals surface area contributed by atoms with Gasteiger partial charge in [-0.2, -0.15) is 5.10 Å². The molecular weight excluding hydrogens is 465 g/mol. The first-order valence-electron chi connectivity index (χ1n) is 11.4. The van der Waals surface area contributed by atoms with Gasteiger partial charge in [-0.05, 0) is 35.0 Å². The number of Topliss-reactive ketones (excluding diaryl/α,β-unsaturated/α-hetero) is 1. The first-order valence-corrected chi connectivity index (χ1v) is 11.4. The number of carbonyl (C=O) groups excluding carboxylic acids is 3. The Morgan fingerprint density at radius 3 is 2.67 bits per heavy atom. The van der Waals surface area contributed by atoms with Crippen LogP contribution >= 0.6 is 0 Å². The zero-order valence-electron chi connectivity index (χ0n) is 19.1. The summed E-state index contributed by atoms with van der Waals surface area (Å²) in [6, 6.07) is 17.5. The van der Waals surface area contributed by atoms with Gasteiger partial charge in [0.15, 0.2) is 11.6 Å². The van der Waals surface area contributed by atoms with Gasteiger partial charge in [0.1, 0.15) is 24.4 Å². The minimum absolute atomic E-state index is 0.0188. The Kier molecular flexibility index (Phi) is 6.40. The summed E-state index contributed by atoms with van der Waals surface area (Å²) < 4.78 is 21.1. The fourth-order valence-corrected chi connectivity index (χ4v) is 4.07. The molecule has 1 atom stereocenters. The van der Waals surface area contributed by atoms with E-state index in [1.165, 1.54) is 34.4 Å². The third kappa shape index (κ3) is 4.92. The first-order chi connectivity index (χ1) is 17.5. The summed E-state index contributed by atoms with van der Waals surface area (Å²) in [5.41, 5.74) is 1.09. The lowest BCUT2D eigenvalue weighted by molar-refractivity contribution is -0.121. The number of cyclic esters (lactones) is 1. The monoisotopic (exact) mass is 487 g/mol. The molecule has 0 unspecified atom stereocenters. The lowest BCUT2D eigenvalue weighted by Gasteiger charge is -2.14. The van der Waals surface area contributed by atoms with Crippen LogP contribution in [0.25, 0.3) is 16.5 Å². The van der Waals surface area contributed by atoms with Crippen LogP contribution in [0.2, 0.25) is 0 Å². The van der Waals surface area contributed by atoms with Crippen LogP contribution in [-0.4, -0.2) is 51.7 Å². The molecule has 0 bridgehead atoms. The van der Waals surface area contributed by atoms with Gasteiger partial charge in [0.05, 0.1) is 18.8 Å². The highest BCUT2D eigenvalue weighted by atomic mass is 19.1. The minimum Gasteiger partial charge on any atom is -0.442 e. The van der Waals surface area contributed by atoms with E-state index in [0.29, 0.717) is 11.3 Å². The van der Waals surface area contributed by atoms with Crippen LogP contribution in [0.5, 0.6) is 0 Å². The first kappa shape index (κ1) is 23.2. The van der Waals surface area contributed by atoms with Gasteiger partial charge in [-0.1, -0.05) is 36.4 Å². The zero-order chi connectivity index (χ0) is 25.1. The Morgan fingerprint density at radius 2 is 1.89 bits per heavy atom. The van der Waals surface area contributed by atoms with Gasteiger partial charge in [0.25, 0.3) is 0 Å². The average Bonchev–Trinajstić information content (AvgIpc) is 3.55. The summed E-state index contributed by atoms with van der Waals surface area (Å²) >= 11 is 0. The van der Waals surface area contributed by atoms with Crippen molar-refractivity contribution in [2.75, 3.05) is 18.0 Å². The normalized spacial score (nSPS) is 15.2. The summed E-state index contributed by atoms with van der Waals surface area (Å²) in [6.07, 6.45) is 1.52. The number of ether oxygens (including phenoxy) is 1. The number of anilines is 1. The van der Waals surface area contributed by atoms with E-state index >= 15 is 0 Å². The Bertz CT molecular complexity index is 1440. The molecule has 10 heteroatoms. The molecule has 0 radical (unpaired) electrons. The van der Waals surface area contributed by atoms with Crippen molar-refractivity contribution in [1.29, 1.82) is 0 Å². The van der Waals surface area contributed by atoms with E-state index < -0.39 is 18.0 Å². The SMILES string of the molecule is O=C(CCC(=O)c1ccc2ccccc2c1)NC[C@H]1CN(c2ccc(-n3cncn3)c(F)c2)C(=O)O1. The van der Waals surface area contributed by atoms with Crippen molar-refractivity contribution in [3.05, 3.63) is 84.7 Å². The van der Waals surface area contributed by atoms with Gasteiger partial charge in [0.2, 0.25) is 5.91 Å². The second-order valence-corrected chi connectivity index (χ2v) is 8.38. The van der Waals surface area contributed by atoms with Crippen LogP contribution in [0, 0.1) is 5.82 Å². The van der Waals surface area contributed by atoms with Crippen molar-refractivity contribution in [2.45, 2.75) is 18.9 Å². The minimum atomic E-state index is -0.631. The van der Waals surface area contributed by atoms with E-state index in [1.54, 1.807) is 12.1 Å². The molecule has 5 rings (SSSR count). The number of carbonyl (C=O) groups is 3. The van der Waals surface area contributed by atoms with Gasteiger partial charge in [-0.15, -0.1) is 0 Å². The summed E-state index contributed by atoms with van der Waals surface area (Å²) in [6.45, 7) is 0.238. The summed E-state index contributed by atoms with van der Waals surface area (Å²) in [5, 5.41) is 8.61. The number of fused-ring (bicyclic) bond motifs is 1. The van der Waals surface area contributed by atoms with E-state index in [0.717, 1.165) is 10.8 Å². The van der Waals surface area contributed by atoms with Crippen molar-refractivity contribution in [2.24, 2.45) is 0 Å². The van der Waals surface area contributed by atoms with E-state index in [-0.39, 0.29) is 43.3 Å². The molecule has 4 aromatic rings. The Labute approximate surface area is 205 Å². The zero-order valence-corrected chi connectivity index (χ0v) is 19.1. The molecule has 36 heavy (non-hydrogen) atoms. The summed E-state index contributed by atoms with van der Waals surface area (Å²) in [4.78, 5) is 42.2. The standard InChI is InChI=1S/C26H22FN5O4/c27-22-12-20(7-8-23(22)32-16-28-15-30-32)31-14-21(36-26(31)35)13-29-25(34)10-9-24(33)19-6-5-17-3-1-2-4-18(17)11-19/h1-8,11-12,15-16,21H,9-10,13-14H2,(H,29,34)/t21-/m0/s1. The predicted octanol–water partition coefficient (Wildman–Crippen LogP) is 3.66. The van der Waals surface area contributed by atoms with Gasteiger partial charge in [0, 0.05) is 18.4 Å². The van der Waals surface area contributed by atoms with Crippen molar-refractivity contribution in [3.8, 4) is 5.69 Å². The Balaban J connectivity index is 1.12. The third-order valence-electron chi connectivity index (χ3n) is 5.96. The quantitative estimate of drug-likeness (QED) is 0.380. The molecule has 1 aromatic heterocycles. The number of nitrogens with zero attached hydrogens (tertiary/aromatic N) is 4. The highest BCUT2D eigenvalue weighted by molar-refractivity contribution is 6.01. The highest BCUT2D eigenvalue weighted by Gasteiger charge is 2.33. The van der Waals surface area contributed by atoms with Crippen LogP contribution in [0.3, 0.4) is 0 Å². The predicted molar refractivity (Wildman–Crippen MR) is 129 cm³/mol. The topological polar surface area (TPSA) is 106 Å². The Morgan fingerprint density at radius 1 is 1.06 bits per heavy atom. The molecule has 0 saturated carbocycles. The maximum absolute atomic E-state index is 14.5. The molecule has 2 amide bonds. The van der Waals surface area contributed by atoms with Crippen LogP contribution in [0.4, 0.5) is 14.9 Å². The van der Waals surface area contributed by atoms with Crippen molar-refractivity contribution in [1.82, 2.24) is 20.1 Å². The molecule has 1 N–H and O–H groups in total. The van der Waals surface area contributed by atoms with Gasteiger partial charge in [-0.25, -0.2) is 18.9 Å². The largest absolute Gasteiger partial charge is 0.442 e. The second-order valence-electron chi connectivity index (χ2n) is 8.38. The number of amides is 2. The molecule has 1 aliphatic rings.